The number of carbonyl (C=O) groups excluding carboxylic acids is 2. The monoisotopic (exact) mass is 528 g/mol. The molecule has 0 N–H and O–H groups in total. The van der Waals surface area contributed by atoms with Gasteiger partial charge in [-0.25, -0.2) is 0 Å². The minimum absolute atomic E-state index is 0.115. The predicted octanol–water partition coefficient (Wildman–Crippen LogP) is 9.77. The lowest BCUT2D eigenvalue weighted by molar-refractivity contribution is -0.157. The number of hydrogen-bond donors (Lipinski definition) is 1. The summed E-state index contributed by atoms with van der Waals surface area (Å²) in [6.07, 6.45) is 28.1. The molecular formula is C31H60O4S. The molecule has 0 saturated heterocycles. The first-order valence-corrected chi connectivity index (χ1v) is 16.2. The largest absolute Gasteiger partial charge is 0.462 e. The molecule has 5 heteroatoms. The number of thiol groups is 1. The summed E-state index contributed by atoms with van der Waals surface area (Å²) in [5.41, 5.74) is 0. The third-order valence-corrected chi connectivity index (χ3v) is 7.31. The van der Waals surface area contributed by atoms with E-state index >= 15 is 0 Å². The summed E-state index contributed by atoms with van der Waals surface area (Å²) < 4.78 is 10.8. The fourth-order valence-corrected chi connectivity index (χ4v) is 4.67. The van der Waals surface area contributed by atoms with E-state index in [1.807, 2.05) is 0 Å². The second kappa shape index (κ2) is 28.9. The van der Waals surface area contributed by atoms with Crippen molar-refractivity contribution in [3.05, 3.63) is 0 Å². The maximum atomic E-state index is 12.1. The van der Waals surface area contributed by atoms with E-state index in [0.717, 1.165) is 25.7 Å². The molecule has 214 valence electrons. The standard InChI is InChI=1S/C31H60O4S/c1-3-5-7-9-11-13-15-17-19-21-23-25-30(32)34-27-29(28-36)35-31(33)26-24-22-20-18-16-14-12-10-8-6-4-2/h29,36H,3-28H2,1-2H3/t29-/m1/s1. The third kappa shape index (κ3) is 26.4. The fourth-order valence-electron chi connectivity index (χ4n) is 4.49. The van der Waals surface area contributed by atoms with Gasteiger partial charge in [-0.2, -0.15) is 12.6 Å². The Morgan fingerprint density at radius 2 is 0.861 bits per heavy atom. The van der Waals surface area contributed by atoms with Crippen LogP contribution in [-0.4, -0.2) is 30.4 Å². The van der Waals surface area contributed by atoms with Gasteiger partial charge in [0.15, 0.2) is 0 Å². The van der Waals surface area contributed by atoms with Crippen LogP contribution in [0.5, 0.6) is 0 Å². The summed E-state index contributed by atoms with van der Waals surface area (Å²) in [7, 11) is 0. The zero-order valence-electron chi connectivity index (χ0n) is 24.0. The van der Waals surface area contributed by atoms with Gasteiger partial charge in [-0.3, -0.25) is 9.59 Å². The summed E-state index contributed by atoms with van der Waals surface area (Å²) in [6, 6.07) is 0. The van der Waals surface area contributed by atoms with Crippen LogP contribution in [0.15, 0.2) is 0 Å². The molecule has 0 aromatic carbocycles. The Hall–Kier alpha value is -0.710. The van der Waals surface area contributed by atoms with E-state index in [-0.39, 0.29) is 18.5 Å². The number of hydrogen-bond acceptors (Lipinski definition) is 5. The van der Waals surface area contributed by atoms with E-state index < -0.39 is 6.10 Å². The van der Waals surface area contributed by atoms with Crippen LogP contribution in [0.25, 0.3) is 0 Å². The van der Waals surface area contributed by atoms with Crippen LogP contribution >= 0.6 is 12.6 Å². The predicted molar refractivity (Wildman–Crippen MR) is 157 cm³/mol. The van der Waals surface area contributed by atoms with Gasteiger partial charge < -0.3 is 9.47 Å². The first kappa shape index (κ1) is 35.3. The Kier molecular flexibility index (Phi) is 28.3. The van der Waals surface area contributed by atoms with E-state index in [1.54, 1.807) is 0 Å². The van der Waals surface area contributed by atoms with Crippen molar-refractivity contribution in [2.75, 3.05) is 12.4 Å². The van der Waals surface area contributed by atoms with Crippen LogP contribution in [0.1, 0.15) is 168 Å². The van der Waals surface area contributed by atoms with Crippen molar-refractivity contribution in [2.24, 2.45) is 0 Å². The van der Waals surface area contributed by atoms with Crippen LogP contribution in [-0.2, 0) is 19.1 Å². The molecule has 0 unspecified atom stereocenters. The molecule has 0 amide bonds. The maximum Gasteiger partial charge on any atom is 0.306 e. The topological polar surface area (TPSA) is 52.6 Å². The van der Waals surface area contributed by atoms with E-state index in [9.17, 15) is 9.59 Å². The third-order valence-electron chi connectivity index (χ3n) is 6.90. The van der Waals surface area contributed by atoms with Gasteiger partial charge in [0, 0.05) is 18.6 Å². The number of unbranched alkanes of at least 4 members (excludes halogenated alkanes) is 20. The van der Waals surface area contributed by atoms with Crippen LogP contribution in [0.2, 0.25) is 0 Å². The van der Waals surface area contributed by atoms with Gasteiger partial charge in [-0.05, 0) is 12.8 Å². The highest BCUT2D eigenvalue weighted by molar-refractivity contribution is 7.80. The highest BCUT2D eigenvalue weighted by Gasteiger charge is 2.15. The highest BCUT2D eigenvalue weighted by atomic mass is 32.1. The Balaban J connectivity index is 3.57. The number of esters is 2. The molecule has 0 aliphatic carbocycles. The van der Waals surface area contributed by atoms with Gasteiger partial charge in [0.05, 0.1) is 0 Å². The van der Waals surface area contributed by atoms with Crippen molar-refractivity contribution in [1.29, 1.82) is 0 Å². The molecule has 0 aromatic rings. The molecule has 0 aliphatic heterocycles. The molecule has 0 rings (SSSR count). The van der Waals surface area contributed by atoms with E-state index in [2.05, 4.69) is 26.5 Å². The average molecular weight is 529 g/mol. The second-order valence-electron chi connectivity index (χ2n) is 10.5. The summed E-state index contributed by atoms with van der Waals surface area (Å²) in [4.78, 5) is 24.1. The minimum Gasteiger partial charge on any atom is -0.462 e. The lowest BCUT2D eigenvalue weighted by Gasteiger charge is -2.16. The first-order chi connectivity index (χ1) is 17.6. The molecule has 0 aromatic heterocycles. The summed E-state index contributed by atoms with van der Waals surface area (Å²) >= 11 is 4.26. The molecule has 1 atom stereocenters. The lowest BCUT2D eigenvalue weighted by Crippen LogP contribution is -2.26. The van der Waals surface area contributed by atoms with Crippen molar-refractivity contribution in [3.8, 4) is 0 Å². The normalized spacial score (nSPS) is 12.0. The maximum absolute atomic E-state index is 12.1. The Morgan fingerprint density at radius 1 is 0.528 bits per heavy atom. The fraction of sp³-hybridized carbons (Fsp3) is 0.935. The average Bonchev–Trinajstić information content (AvgIpc) is 2.88. The Morgan fingerprint density at radius 3 is 1.22 bits per heavy atom. The highest BCUT2D eigenvalue weighted by Crippen LogP contribution is 2.14. The smallest absolute Gasteiger partial charge is 0.306 e. The van der Waals surface area contributed by atoms with E-state index in [1.165, 1.54) is 116 Å². The Labute approximate surface area is 229 Å². The summed E-state index contributed by atoms with van der Waals surface area (Å²) in [5.74, 6) is -0.0269. The van der Waals surface area contributed by atoms with Gasteiger partial charge in [0.2, 0.25) is 0 Å². The zero-order chi connectivity index (χ0) is 26.5. The van der Waals surface area contributed by atoms with Crippen LogP contribution in [0.3, 0.4) is 0 Å². The molecule has 0 radical (unpaired) electrons. The van der Waals surface area contributed by atoms with Gasteiger partial charge in [-0.1, -0.05) is 142 Å². The van der Waals surface area contributed by atoms with Crippen LogP contribution < -0.4 is 0 Å². The number of carbonyl (C=O) groups is 2. The van der Waals surface area contributed by atoms with E-state index in [4.69, 9.17) is 9.47 Å². The van der Waals surface area contributed by atoms with Crippen LogP contribution in [0, 0.1) is 0 Å². The van der Waals surface area contributed by atoms with Gasteiger partial charge in [0.25, 0.3) is 0 Å². The lowest BCUT2D eigenvalue weighted by atomic mass is 10.1. The zero-order valence-corrected chi connectivity index (χ0v) is 24.9. The summed E-state index contributed by atoms with van der Waals surface area (Å²) in [6.45, 7) is 4.62. The second-order valence-corrected chi connectivity index (χ2v) is 10.9. The van der Waals surface area contributed by atoms with Crippen LogP contribution in [0.4, 0.5) is 0 Å². The van der Waals surface area contributed by atoms with E-state index in [0.29, 0.717) is 18.6 Å². The van der Waals surface area contributed by atoms with Gasteiger partial charge >= 0.3 is 11.9 Å². The molecule has 0 heterocycles. The van der Waals surface area contributed by atoms with Crippen molar-refractivity contribution in [3.63, 3.8) is 0 Å². The SMILES string of the molecule is CCCCCCCCCCCCCC(=O)OC[C@H](CS)OC(=O)CCCCCCCCCCCCC. The molecule has 0 spiro atoms. The van der Waals surface area contributed by atoms with Crippen molar-refractivity contribution in [2.45, 2.75) is 174 Å². The first-order valence-electron chi connectivity index (χ1n) is 15.6. The van der Waals surface area contributed by atoms with Gasteiger partial charge in [0.1, 0.15) is 12.7 Å². The van der Waals surface area contributed by atoms with Gasteiger partial charge in [-0.15, -0.1) is 0 Å². The molecule has 0 aliphatic rings. The van der Waals surface area contributed by atoms with Crippen molar-refractivity contribution in [1.82, 2.24) is 0 Å². The Bertz CT molecular complexity index is 483. The summed E-state index contributed by atoms with van der Waals surface area (Å²) in [5, 5.41) is 0. The van der Waals surface area contributed by atoms with Crippen molar-refractivity contribution >= 4 is 24.6 Å². The van der Waals surface area contributed by atoms with Crippen molar-refractivity contribution < 1.29 is 19.1 Å². The molecule has 0 bridgehead atoms. The molecule has 0 fully saturated rings. The number of ether oxygens (including phenoxy) is 2. The number of rotatable bonds is 28. The quantitative estimate of drug-likeness (QED) is 0.0623. The molecular weight excluding hydrogens is 468 g/mol. The minimum atomic E-state index is -0.449. The molecule has 0 saturated carbocycles. The molecule has 4 nitrogen and oxygen atoms in total. The molecule has 36 heavy (non-hydrogen) atoms.